The fourth-order valence-electron chi connectivity index (χ4n) is 2.85. The van der Waals surface area contributed by atoms with Gasteiger partial charge in [-0.3, -0.25) is 4.98 Å². The van der Waals surface area contributed by atoms with Gasteiger partial charge in [0.05, 0.1) is 24.5 Å². The summed E-state index contributed by atoms with van der Waals surface area (Å²) in [7, 11) is 0. The van der Waals surface area contributed by atoms with Crippen LogP contribution in [0.15, 0.2) is 43.1 Å². The Hall–Kier alpha value is -3.77. The van der Waals surface area contributed by atoms with Gasteiger partial charge < -0.3 is 11.1 Å². The summed E-state index contributed by atoms with van der Waals surface area (Å²) >= 11 is 6.19. The smallest absolute Gasteiger partial charge is 0.268 e. The molecular weight excluding hydrogens is 378 g/mol. The van der Waals surface area contributed by atoms with E-state index in [1.54, 1.807) is 23.1 Å². The summed E-state index contributed by atoms with van der Waals surface area (Å²) in [5.74, 6) is 0.481. The molecule has 0 saturated carbocycles. The van der Waals surface area contributed by atoms with Crippen LogP contribution in [0.1, 0.15) is 18.5 Å². The molecule has 0 aliphatic carbocycles. The van der Waals surface area contributed by atoms with Crippen LogP contribution in [0.2, 0.25) is 5.15 Å². The van der Waals surface area contributed by atoms with E-state index >= 15 is 0 Å². The topological polar surface area (TPSA) is 111 Å². The molecule has 0 aromatic carbocycles. The Kier molecular flexibility index (Phi) is 4.47. The van der Waals surface area contributed by atoms with Crippen molar-refractivity contribution in [2.75, 3.05) is 11.1 Å². The van der Waals surface area contributed by atoms with Gasteiger partial charge in [0.25, 0.3) is 5.69 Å². The number of hydrogen-bond donors (Lipinski definition) is 2. The number of hydrogen-bond acceptors (Lipinski definition) is 7. The molecule has 3 N–H and O–H groups in total. The molecule has 138 valence electrons. The van der Waals surface area contributed by atoms with Gasteiger partial charge in [0.15, 0.2) is 10.8 Å². The van der Waals surface area contributed by atoms with Crippen LogP contribution in [0.5, 0.6) is 0 Å². The van der Waals surface area contributed by atoms with Crippen molar-refractivity contribution in [1.82, 2.24) is 29.5 Å². The van der Waals surface area contributed by atoms with E-state index in [1.807, 2.05) is 25.1 Å². The number of nitrogens with two attached hydrogens (primary N) is 1. The first-order chi connectivity index (χ1) is 13.6. The number of nitrogens with zero attached hydrogens (tertiary/aromatic N) is 7. The van der Waals surface area contributed by atoms with Crippen LogP contribution >= 0.6 is 11.6 Å². The van der Waals surface area contributed by atoms with E-state index in [9.17, 15) is 0 Å². The van der Waals surface area contributed by atoms with Gasteiger partial charge in [0, 0.05) is 23.5 Å². The van der Waals surface area contributed by atoms with E-state index in [2.05, 4.69) is 35.2 Å². The standard InChI is InChI=1S/C18H14ClN9/c1-10(26-18-16(21-2)17(20)24-9-25-18)12-6-14-23-8-13(19)28(14)27-15(12)11-4-3-5-22-7-11/h3-10H,1H3,(H3,20,24,25,26)/t10-/m0/s1. The van der Waals surface area contributed by atoms with Gasteiger partial charge in [0.1, 0.15) is 18.0 Å². The summed E-state index contributed by atoms with van der Waals surface area (Å²) in [6, 6.07) is 5.37. The average molecular weight is 392 g/mol. The second kappa shape index (κ2) is 7.09. The molecule has 0 fully saturated rings. The maximum atomic E-state index is 7.34. The van der Waals surface area contributed by atoms with E-state index in [-0.39, 0.29) is 17.5 Å². The zero-order valence-electron chi connectivity index (χ0n) is 14.7. The molecule has 10 heteroatoms. The van der Waals surface area contributed by atoms with Gasteiger partial charge in [-0.15, -0.1) is 0 Å². The highest BCUT2D eigenvalue weighted by molar-refractivity contribution is 6.29. The first-order valence-electron chi connectivity index (χ1n) is 8.27. The second-order valence-corrected chi connectivity index (χ2v) is 6.36. The molecule has 0 amide bonds. The van der Waals surface area contributed by atoms with Gasteiger partial charge >= 0.3 is 0 Å². The quantitative estimate of drug-likeness (QED) is 0.511. The number of nitrogen functional groups attached to an aromatic ring is 1. The van der Waals surface area contributed by atoms with E-state index in [1.165, 1.54) is 6.33 Å². The lowest BCUT2D eigenvalue weighted by molar-refractivity contribution is 0.841. The molecule has 9 nitrogen and oxygen atoms in total. The molecule has 0 unspecified atom stereocenters. The number of pyridine rings is 1. The highest BCUT2D eigenvalue weighted by Crippen LogP contribution is 2.33. The van der Waals surface area contributed by atoms with Gasteiger partial charge in [0.2, 0.25) is 0 Å². The SMILES string of the molecule is [C-]#[N+]c1c(N)ncnc1N[C@@H](C)c1cc2ncc(Cl)n2nc1-c1cccnc1. The van der Waals surface area contributed by atoms with Crippen molar-refractivity contribution in [3.8, 4) is 11.3 Å². The third kappa shape index (κ3) is 3.06. The van der Waals surface area contributed by atoms with E-state index in [0.717, 1.165) is 11.1 Å². The number of halogens is 1. The summed E-state index contributed by atoms with van der Waals surface area (Å²) in [6.07, 6.45) is 6.28. The molecule has 0 saturated heterocycles. The number of imidazole rings is 1. The monoisotopic (exact) mass is 391 g/mol. The Morgan fingerprint density at radius 1 is 1.29 bits per heavy atom. The lowest BCUT2D eigenvalue weighted by Gasteiger charge is -2.19. The van der Waals surface area contributed by atoms with Crippen molar-refractivity contribution in [2.45, 2.75) is 13.0 Å². The fourth-order valence-corrected chi connectivity index (χ4v) is 3.02. The lowest BCUT2D eigenvalue weighted by atomic mass is 10.0. The largest absolute Gasteiger partial charge is 0.392 e. The van der Waals surface area contributed by atoms with Crippen molar-refractivity contribution in [3.05, 3.63) is 65.3 Å². The summed E-state index contributed by atoms with van der Waals surface area (Å²) < 4.78 is 1.56. The number of rotatable bonds is 4. The minimum Gasteiger partial charge on any atom is -0.392 e. The van der Waals surface area contributed by atoms with Crippen LogP contribution in [-0.4, -0.2) is 29.5 Å². The van der Waals surface area contributed by atoms with E-state index < -0.39 is 0 Å². The highest BCUT2D eigenvalue weighted by atomic mass is 35.5. The zero-order chi connectivity index (χ0) is 19.7. The molecule has 28 heavy (non-hydrogen) atoms. The predicted molar refractivity (Wildman–Crippen MR) is 106 cm³/mol. The first-order valence-corrected chi connectivity index (χ1v) is 8.65. The van der Waals surface area contributed by atoms with Crippen LogP contribution in [-0.2, 0) is 0 Å². The van der Waals surface area contributed by atoms with Crippen LogP contribution in [0.4, 0.5) is 17.3 Å². The summed E-state index contributed by atoms with van der Waals surface area (Å²) in [5, 5.41) is 8.29. The molecule has 0 bridgehead atoms. The van der Waals surface area contributed by atoms with E-state index in [4.69, 9.17) is 23.9 Å². The van der Waals surface area contributed by atoms with Gasteiger partial charge in [-0.2, -0.15) is 5.10 Å². The Morgan fingerprint density at radius 2 is 2.14 bits per heavy atom. The van der Waals surface area contributed by atoms with Crippen molar-refractivity contribution in [3.63, 3.8) is 0 Å². The Bertz CT molecular complexity index is 1200. The maximum absolute atomic E-state index is 7.34. The van der Waals surface area contributed by atoms with Crippen molar-refractivity contribution in [2.24, 2.45) is 0 Å². The molecule has 4 aromatic heterocycles. The molecule has 0 radical (unpaired) electrons. The van der Waals surface area contributed by atoms with Crippen molar-refractivity contribution >= 4 is 34.6 Å². The molecule has 0 aliphatic rings. The molecule has 4 rings (SSSR count). The average Bonchev–Trinajstić information content (AvgIpc) is 3.08. The van der Waals surface area contributed by atoms with Gasteiger partial charge in [-0.25, -0.2) is 24.3 Å². The maximum Gasteiger partial charge on any atom is 0.268 e. The third-order valence-corrected chi connectivity index (χ3v) is 4.46. The molecule has 0 aliphatic heterocycles. The lowest BCUT2D eigenvalue weighted by Crippen LogP contribution is -2.12. The van der Waals surface area contributed by atoms with Crippen LogP contribution in [0, 0.1) is 6.57 Å². The van der Waals surface area contributed by atoms with Crippen molar-refractivity contribution in [1.29, 1.82) is 0 Å². The second-order valence-electron chi connectivity index (χ2n) is 5.97. The first kappa shape index (κ1) is 17.6. The molecular formula is C18H14ClN9. The normalized spacial score (nSPS) is 11.9. The summed E-state index contributed by atoms with van der Waals surface area (Å²) in [5.41, 5.74) is 8.93. The van der Waals surface area contributed by atoms with Gasteiger partial charge in [-0.05, 0) is 25.1 Å². The van der Waals surface area contributed by atoms with Gasteiger partial charge in [-0.1, -0.05) is 11.6 Å². The highest BCUT2D eigenvalue weighted by Gasteiger charge is 2.19. The zero-order valence-corrected chi connectivity index (χ0v) is 15.5. The van der Waals surface area contributed by atoms with E-state index in [0.29, 0.717) is 22.3 Å². The van der Waals surface area contributed by atoms with Crippen LogP contribution < -0.4 is 11.1 Å². The minimum atomic E-state index is -0.266. The molecule has 4 aromatic rings. The van der Waals surface area contributed by atoms with Crippen LogP contribution in [0.25, 0.3) is 21.7 Å². The molecule has 0 spiro atoms. The molecule has 4 heterocycles. The Labute approximate surface area is 165 Å². The summed E-state index contributed by atoms with van der Waals surface area (Å²) in [6.45, 7) is 9.27. The third-order valence-electron chi connectivity index (χ3n) is 4.20. The number of fused-ring (bicyclic) bond motifs is 1. The predicted octanol–water partition coefficient (Wildman–Crippen LogP) is 3.54. The number of nitrogens with one attached hydrogen (secondary N) is 1. The number of aromatic nitrogens is 6. The molecule has 1 atom stereocenters. The fraction of sp³-hybridized carbons (Fsp3) is 0.111. The summed E-state index contributed by atoms with van der Waals surface area (Å²) in [4.78, 5) is 19.9. The minimum absolute atomic E-state index is 0.126. The van der Waals surface area contributed by atoms with Crippen molar-refractivity contribution < 1.29 is 0 Å². The van der Waals surface area contributed by atoms with Crippen LogP contribution in [0.3, 0.4) is 0 Å². The Morgan fingerprint density at radius 3 is 2.89 bits per heavy atom. The number of anilines is 2. The Balaban J connectivity index is 1.83.